The van der Waals surface area contributed by atoms with Crippen molar-refractivity contribution in [2.24, 2.45) is 0 Å². The number of Topliss-reactive ketones (excluding diaryl/α,β-unsaturated/α-hetero) is 1. The van der Waals surface area contributed by atoms with Gasteiger partial charge in [-0.15, -0.1) is 0 Å². The molecule has 1 fully saturated rings. The van der Waals surface area contributed by atoms with Crippen LogP contribution >= 0.6 is 0 Å². The highest BCUT2D eigenvalue weighted by atomic mass is 16.6. The highest BCUT2D eigenvalue weighted by Gasteiger charge is 2.48. The molecule has 0 spiro atoms. The number of carbonyl (C=O) groups is 2. The van der Waals surface area contributed by atoms with E-state index in [9.17, 15) is 19.8 Å². The molecule has 2 aliphatic rings. The van der Waals surface area contributed by atoms with E-state index in [1.165, 1.54) is 18.1 Å². The molecule has 2 heterocycles. The van der Waals surface area contributed by atoms with E-state index in [2.05, 4.69) is 0 Å². The van der Waals surface area contributed by atoms with Gasteiger partial charge >= 0.3 is 0 Å². The zero-order valence-electron chi connectivity index (χ0n) is 21.2. The molecule has 2 N–H and O–H groups in total. The second-order valence-electron chi connectivity index (χ2n) is 8.86. The minimum absolute atomic E-state index is 0.139. The predicted molar refractivity (Wildman–Crippen MR) is 139 cm³/mol. The second kappa shape index (κ2) is 10.0. The van der Waals surface area contributed by atoms with Crippen LogP contribution in [-0.4, -0.2) is 48.8 Å². The van der Waals surface area contributed by atoms with Crippen LogP contribution < -0.4 is 23.8 Å². The summed E-state index contributed by atoms with van der Waals surface area (Å²) in [7, 11) is 1.51. The lowest BCUT2D eigenvalue weighted by atomic mass is 9.94. The Morgan fingerprint density at radius 3 is 2.50 bits per heavy atom. The first-order valence-electron chi connectivity index (χ1n) is 12.2. The molecular weight excluding hydrogens is 490 g/mol. The third kappa shape index (κ3) is 4.26. The maximum atomic E-state index is 13.5. The molecule has 5 rings (SSSR count). The Bertz CT molecular complexity index is 1460. The Morgan fingerprint density at radius 2 is 1.76 bits per heavy atom. The molecule has 1 atom stereocenters. The number of fused-ring (bicyclic) bond motifs is 1. The molecule has 9 heteroatoms. The molecule has 196 valence electrons. The number of hydrogen-bond donors (Lipinski definition) is 2. The number of phenols is 1. The number of benzene rings is 3. The number of methoxy groups -OCH3 is 1. The molecule has 1 saturated heterocycles. The number of ketones is 1. The number of aliphatic hydroxyl groups is 1. The van der Waals surface area contributed by atoms with E-state index in [1.54, 1.807) is 48.5 Å². The molecular formula is C29H27NO8. The number of phenolic OH excluding ortho intramolecular Hbond substituents is 1. The number of carbonyl (C=O) groups excluding carboxylic acids is 2. The van der Waals surface area contributed by atoms with Crippen LogP contribution in [0.5, 0.6) is 28.7 Å². The smallest absolute Gasteiger partial charge is 0.300 e. The molecule has 1 unspecified atom stereocenters. The fraction of sp³-hybridized carbons (Fsp3) is 0.241. The first kappa shape index (κ1) is 25.0. The highest BCUT2D eigenvalue weighted by molar-refractivity contribution is 6.52. The summed E-state index contributed by atoms with van der Waals surface area (Å²) in [5, 5.41) is 22.2. The fourth-order valence-electron chi connectivity index (χ4n) is 4.70. The normalized spacial score (nSPS) is 18.0. The van der Waals surface area contributed by atoms with Gasteiger partial charge in [0.1, 0.15) is 24.7 Å². The largest absolute Gasteiger partial charge is 0.507 e. The van der Waals surface area contributed by atoms with E-state index >= 15 is 0 Å². The summed E-state index contributed by atoms with van der Waals surface area (Å²) in [5.41, 5.74) is 1.54. The number of hydrogen-bond acceptors (Lipinski definition) is 8. The van der Waals surface area contributed by atoms with E-state index in [0.29, 0.717) is 48.4 Å². The number of aliphatic hydroxyl groups excluding tert-OH is 1. The lowest BCUT2D eigenvalue weighted by Gasteiger charge is -2.27. The van der Waals surface area contributed by atoms with Gasteiger partial charge in [-0.1, -0.05) is 12.1 Å². The molecule has 3 aromatic carbocycles. The average molecular weight is 518 g/mol. The van der Waals surface area contributed by atoms with E-state index in [-0.39, 0.29) is 28.3 Å². The third-order valence-corrected chi connectivity index (χ3v) is 6.45. The molecule has 3 aromatic rings. The van der Waals surface area contributed by atoms with Crippen LogP contribution in [-0.2, 0) is 9.59 Å². The summed E-state index contributed by atoms with van der Waals surface area (Å²) < 4.78 is 22.3. The van der Waals surface area contributed by atoms with Gasteiger partial charge in [-0.05, 0) is 67.4 Å². The number of rotatable bonds is 6. The van der Waals surface area contributed by atoms with Crippen molar-refractivity contribution in [3.05, 3.63) is 76.9 Å². The molecule has 38 heavy (non-hydrogen) atoms. The van der Waals surface area contributed by atoms with Crippen molar-refractivity contribution >= 4 is 23.1 Å². The van der Waals surface area contributed by atoms with Crippen molar-refractivity contribution in [2.45, 2.75) is 19.9 Å². The summed E-state index contributed by atoms with van der Waals surface area (Å²) in [6, 6.07) is 13.5. The van der Waals surface area contributed by atoms with Gasteiger partial charge in [0.05, 0.1) is 31.0 Å². The number of ether oxygens (including phenoxy) is 4. The molecule has 0 radical (unpaired) electrons. The number of aryl methyl sites for hydroxylation is 1. The van der Waals surface area contributed by atoms with Crippen LogP contribution in [0.25, 0.3) is 5.76 Å². The SMILES string of the molecule is CCOc1cc(C2/C(=C(\O)c3ccc4c(c3)OCCO4)C(=O)C(=O)N2c2cc(C)ccc2O)ccc1OC. The summed E-state index contributed by atoms with van der Waals surface area (Å²) in [6.45, 7) is 4.74. The number of aromatic hydroxyl groups is 1. The lowest BCUT2D eigenvalue weighted by molar-refractivity contribution is -0.132. The fourth-order valence-corrected chi connectivity index (χ4v) is 4.70. The van der Waals surface area contributed by atoms with Gasteiger partial charge in [0, 0.05) is 5.56 Å². The Balaban J connectivity index is 1.73. The maximum absolute atomic E-state index is 13.5. The Morgan fingerprint density at radius 1 is 1.00 bits per heavy atom. The Hall–Kier alpha value is -4.66. The second-order valence-corrected chi connectivity index (χ2v) is 8.86. The molecule has 9 nitrogen and oxygen atoms in total. The van der Waals surface area contributed by atoms with Crippen molar-refractivity contribution < 1.29 is 38.7 Å². The zero-order valence-corrected chi connectivity index (χ0v) is 21.2. The molecule has 0 saturated carbocycles. The number of amides is 1. The molecule has 0 bridgehead atoms. The van der Waals surface area contributed by atoms with E-state index < -0.39 is 17.7 Å². The Kier molecular flexibility index (Phi) is 6.59. The van der Waals surface area contributed by atoms with Crippen molar-refractivity contribution in [3.63, 3.8) is 0 Å². The molecule has 0 aliphatic carbocycles. The number of nitrogens with zero attached hydrogens (tertiary/aromatic N) is 1. The average Bonchev–Trinajstić information content (AvgIpc) is 3.19. The van der Waals surface area contributed by atoms with Crippen molar-refractivity contribution in [3.8, 4) is 28.7 Å². The van der Waals surface area contributed by atoms with E-state index in [1.807, 2.05) is 13.8 Å². The lowest BCUT2D eigenvalue weighted by Crippen LogP contribution is -2.29. The standard InChI is InChI=1S/C29H27NO8/c1-4-36-23-14-17(6-9-21(23)35-3)26-25(27(32)18-7-10-22-24(15-18)38-12-11-37-22)28(33)29(34)30(26)19-13-16(2)5-8-20(19)31/h5-10,13-15,26,31-32H,4,11-12H2,1-3H3/b27-25+. The summed E-state index contributed by atoms with van der Waals surface area (Å²) in [4.78, 5) is 28.2. The van der Waals surface area contributed by atoms with Crippen LogP contribution in [0.1, 0.15) is 29.7 Å². The van der Waals surface area contributed by atoms with Crippen molar-refractivity contribution in [1.82, 2.24) is 0 Å². The van der Waals surface area contributed by atoms with Gasteiger partial charge in [-0.3, -0.25) is 14.5 Å². The van der Waals surface area contributed by atoms with E-state index in [0.717, 1.165) is 5.56 Å². The topological polar surface area (TPSA) is 115 Å². The van der Waals surface area contributed by atoms with Crippen LogP contribution in [0.4, 0.5) is 5.69 Å². The summed E-state index contributed by atoms with van der Waals surface area (Å²) in [6.07, 6.45) is 0. The van der Waals surface area contributed by atoms with E-state index in [4.69, 9.17) is 18.9 Å². The van der Waals surface area contributed by atoms with Crippen LogP contribution in [0.15, 0.2) is 60.2 Å². The first-order chi connectivity index (χ1) is 18.3. The highest BCUT2D eigenvalue weighted by Crippen LogP contribution is 2.47. The van der Waals surface area contributed by atoms with Crippen molar-refractivity contribution in [2.75, 3.05) is 31.8 Å². The van der Waals surface area contributed by atoms with Crippen LogP contribution in [0, 0.1) is 6.92 Å². The van der Waals surface area contributed by atoms with Gasteiger partial charge in [-0.25, -0.2) is 0 Å². The van der Waals surface area contributed by atoms with Gasteiger partial charge in [0.25, 0.3) is 11.7 Å². The quantitative estimate of drug-likeness (QED) is 0.279. The third-order valence-electron chi connectivity index (χ3n) is 6.45. The maximum Gasteiger partial charge on any atom is 0.300 e. The van der Waals surface area contributed by atoms with Gasteiger partial charge in [0.2, 0.25) is 0 Å². The van der Waals surface area contributed by atoms with Gasteiger partial charge in [-0.2, -0.15) is 0 Å². The molecule has 1 amide bonds. The van der Waals surface area contributed by atoms with Gasteiger partial charge < -0.3 is 29.2 Å². The van der Waals surface area contributed by atoms with Crippen LogP contribution in [0.3, 0.4) is 0 Å². The molecule has 2 aliphatic heterocycles. The first-order valence-corrected chi connectivity index (χ1v) is 12.2. The summed E-state index contributed by atoms with van der Waals surface area (Å²) >= 11 is 0. The van der Waals surface area contributed by atoms with Gasteiger partial charge in [0.15, 0.2) is 23.0 Å². The molecule has 0 aromatic heterocycles. The minimum Gasteiger partial charge on any atom is -0.507 e. The van der Waals surface area contributed by atoms with Crippen molar-refractivity contribution in [1.29, 1.82) is 0 Å². The zero-order chi connectivity index (χ0) is 27.0. The monoisotopic (exact) mass is 517 g/mol. The minimum atomic E-state index is -1.07. The summed E-state index contributed by atoms with van der Waals surface area (Å²) in [5.74, 6) is -0.518. The van der Waals surface area contributed by atoms with Crippen LogP contribution in [0.2, 0.25) is 0 Å². The number of anilines is 1. The predicted octanol–water partition coefficient (Wildman–Crippen LogP) is 4.51. The Labute approximate surface area is 219 Å².